The zero-order chi connectivity index (χ0) is 16.8. The summed E-state index contributed by atoms with van der Waals surface area (Å²) < 4.78 is 1.52. The van der Waals surface area contributed by atoms with Crippen LogP contribution in [0.25, 0.3) is 0 Å². The third-order valence-corrected chi connectivity index (χ3v) is 4.01. The standard InChI is InChI=1S/C15H19N5O2S/c1-10(2)8-14(22)16-12-6-4-11(5-7-12)13(21)9-23-15-17-18-19-20(15)3/h4-7,10H,8-9H2,1-3H3,(H,16,22). The maximum atomic E-state index is 12.1. The van der Waals surface area contributed by atoms with E-state index in [2.05, 4.69) is 20.8 Å². The minimum atomic E-state index is -0.0237. The molecule has 0 saturated carbocycles. The molecule has 1 aromatic carbocycles. The first-order chi connectivity index (χ1) is 11.0. The summed E-state index contributed by atoms with van der Waals surface area (Å²) >= 11 is 1.29. The van der Waals surface area contributed by atoms with Crippen LogP contribution < -0.4 is 5.32 Å². The number of aromatic nitrogens is 4. The Morgan fingerprint density at radius 2 is 1.96 bits per heavy atom. The molecule has 0 aliphatic heterocycles. The number of nitrogens with zero attached hydrogens (tertiary/aromatic N) is 4. The lowest BCUT2D eigenvalue weighted by atomic mass is 10.1. The van der Waals surface area contributed by atoms with Crippen LogP contribution in [0.15, 0.2) is 29.4 Å². The van der Waals surface area contributed by atoms with Gasteiger partial charge in [0.2, 0.25) is 11.1 Å². The monoisotopic (exact) mass is 333 g/mol. The van der Waals surface area contributed by atoms with E-state index in [1.54, 1.807) is 31.3 Å². The van der Waals surface area contributed by atoms with Crippen molar-refractivity contribution in [2.45, 2.75) is 25.4 Å². The van der Waals surface area contributed by atoms with Crippen LogP contribution in [0.5, 0.6) is 0 Å². The van der Waals surface area contributed by atoms with Crippen molar-refractivity contribution in [3.8, 4) is 0 Å². The molecule has 23 heavy (non-hydrogen) atoms. The molecule has 0 unspecified atom stereocenters. The summed E-state index contributed by atoms with van der Waals surface area (Å²) in [4.78, 5) is 23.8. The summed E-state index contributed by atoms with van der Waals surface area (Å²) in [6.07, 6.45) is 0.475. The summed E-state index contributed by atoms with van der Waals surface area (Å²) in [5.41, 5.74) is 1.28. The highest BCUT2D eigenvalue weighted by molar-refractivity contribution is 7.99. The molecule has 1 heterocycles. The second-order valence-corrected chi connectivity index (χ2v) is 6.46. The number of ketones is 1. The van der Waals surface area contributed by atoms with Crippen molar-refractivity contribution in [2.24, 2.45) is 13.0 Å². The van der Waals surface area contributed by atoms with Crippen LogP contribution in [-0.2, 0) is 11.8 Å². The Morgan fingerprint density at radius 3 is 2.52 bits per heavy atom. The molecule has 122 valence electrons. The lowest BCUT2D eigenvalue weighted by Crippen LogP contribution is -2.14. The van der Waals surface area contributed by atoms with Crippen molar-refractivity contribution < 1.29 is 9.59 Å². The normalized spacial score (nSPS) is 10.8. The van der Waals surface area contributed by atoms with E-state index in [0.29, 0.717) is 28.7 Å². The fourth-order valence-electron chi connectivity index (χ4n) is 1.88. The average molecular weight is 333 g/mol. The number of anilines is 1. The Balaban J connectivity index is 1.89. The average Bonchev–Trinajstić information content (AvgIpc) is 2.90. The Morgan fingerprint density at radius 1 is 1.26 bits per heavy atom. The molecule has 0 aliphatic carbocycles. The van der Waals surface area contributed by atoms with E-state index in [1.165, 1.54) is 16.4 Å². The van der Waals surface area contributed by atoms with Crippen molar-refractivity contribution >= 4 is 29.1 Å². The highest BCUT2D eigenvalue weighted by Gasteiger charge is 2.11. The van der Waals surface area contributed by atoms with Crippen LogP contribution in [0.2, 0.25) is 0 Å². The van der Waals surface area contributed by atoms with Gasteiger partial charge in [0.15, 0.2) is 5.78 Å². The van der Waals surface area contributed by atoms with Gasteiger partial charge in [0.05, 0.1) is 5.75 Å². The van der Waals surface area contributed by atoms with Crippen LogP contribution in [0.1, 0.15) is 30.6 Å². The maximum Gasteiger partial charge on any atom is 0.224 e. The minimum Gasteiger partial charge on any atom is -0.326 e. The van der Waals surface area contributed by atoms with Crippen molar-refractivity contribution in [3.63, 3.8) is 0 Å². The molecule has 2 rings (SSSR count). The van der Waals surface area contributed by atoms with E-state index in [0.717, 1.165) is 0 Å². The van der Waals surface area contributed by atoms with Crippen LogP contribution in [0, 0.1) is 5.92 Å². The van der Waals surface area contributed by atoms with Gasteiger partial charge in [0.25, 0.3) is 0 Å². The number of thioether (sulfide) groups is 1. The van der Waals surface area contributed by atoms with Gasteiger partial charge in [-0.1, -0.05) is 25.6 Å². The SMILES string of the molecule is CC(C)CC(=O)Nc1ccc(C(=O)CSc2nnnn2C)cc1. The molecule has 0 saturated heterocycles. The zero-order valence-corrected chi connectivity index (χ0v) is 14.1. The van der Waals surface area contributed by atoms with E-state index >= 15 is 0 Å². The first-order valence-corrected chi connectivity index (χ1v) is 8.22. The van der Waals surface area contributed by atoms with Gasteiger partial charge in [0, 0.05) is 24.7 Å². The second kappa shape index (κ2) is 7.87. The molecule has 1 amide bonds. The lowest BCUT2D eigenvalue weighted by Gasteiger charge is -2.07. The highest BCUT2D eigenvalue weighted by Crippen LogP contribution is 2.17. The second-order valence-electron chi connectivity index (χ2n) is 5.52. The number of hydrogen-bond acceptors (Lipinski definition) is 6. The molecule has 8 heteroatoms. The smallest absolute Gasteiger partial charge is 0.224 e. The summed E-state index contributed by atoms with van der Waals surface area (Å²) in [5, 5.41) is 14.5. The van der Waals surface area contributed by atoms with E-state index in [4.69, 9.17) is 0 Å². The molecule has 1 aromatic heterocycles. The first-order valence-electron chi connectivity index (χ1n) is 7.24. The van der Waals surface area contributed by atoms with Crippen LogP contribution in [0.4, 0.5) is 5.69 Å². The maximum absolute atomic E-state index is 12.1. The van der Waals surface area contributed by atoms with Crippen LogP contribution in [0.3, 0.4) is 0 Å². The first kappa shape index (κ1) is 17.1. The quantitative estimate of drug-likeness (QED) is 0.617. The number of carbonyl (C=O) groups is 2. The molecule has 1 N–H and O–H groups in total. The minimum absolute atomic E-state index is 0.0157. The molecule has 0 atom stereocenters. The largest absolute Gasteiger partial charge is 0.326 e. The summed E-state index contributed by atoms with van der Waals surface area (Å²) in [6.45, 7) is 3.98. The number of nitrogens with one attached hydrogen (secondary N) is 1. The zero-order valence-electron chi connectivity index (χ0n) is 13.3. The third-order valence-electron chi connectivity index (χ3n) is 3.00. The van der Waals surface area contributed by atoms with Gasteiger partial charge < -0.3 is 5.32 Å². The Bertz CT molecular complexity index is 681. The Kier molecular flexibility index (Phi) is 5.86. The van der Waals surface area contributed by atoms with Gasteiger partial charge in [-0.25, -0.2) is 4.68 Å². The van der Waals surface area contributed by atoms with E-state index < -0.39 is 0 Å². The van der Waals surface area contributed by atoms with Crippen LogP contribution >= 0.6 is 11.8 Å². The number of rotatable bonds is 7. The number of aryl methyl sites for hydroxylation is 1. The number of tetrazole rings is 1. The Labute approximate surface area is 138 Å². The molecule has 0 spiro atoms. The summed E-state index contributed by atoms with van der Waals surface area (Å²) in [7, 11) is 1.72. The van der Waals surface area contributed by atoms with Crippen molar-refractivity contribution in [3.05, 3.63) is 29.8 Å². The molecule has 2 aromatic rings. The van der Waals surface area contributed by atoms with Gasteiger partial charge in [0.1, 0.15) is 0 Å². The van der Waals surface area contributed by atoms with Crippen molar-refractivity contribution in [2.75, 3.05) is 11.1 Å². The molecule has 0 bridgehead atoms. The summed E-state index contributed by atoms with van der Waals surface area (Å²) in [6, 6.07) is 6.89. The van der Waals surface area contributed by atoms with E-state index in [-0.39, 0.29) is 17.4 Å². The third kappa shape index (κ3) is 5.17. The fraction of sp³-hybridized carbons (Fsp3) is 0.400. The number of Topliss-reactive ketones (excluding diaryl/α,β-unsaturated/α-hetero) is 1. The Hall–Kier alpha value is -2.22. The van der Waals surface area contributed by atoms with Gasteiger partial charge in [-0.15, -0.1) is 5.10 Å². The van der Waals surface area contributed by atoms with Gasteiger partial charge in [-0.3, -0.25) is 9.59 Å². The van der Waals surface area contributed by atoms with Gasteiger partial charge in [-0.05, 0) is 40.6 Å². The van der Waals surface area contributed by atoms with Crippen molar-refractivity contribution in [1.82, 2.24) is 20.2 Å². The van der Waals surface area contributed by atoms with E-state index in [1.807, 2.05) is 13.8 Å². The number of amides is 1. The van der Waals surface area contributed by atoms with Crippen LogP contribution in [-0.4, -0.2) is 37.7 Å². The van der Waals surface area contributed by atoms with E-state index in [9.17, 15) is 9.59 Å². The topological polar surface area (TPSA) is 89.8 Å². The molecule has 7 nitrogen and oxygen atoms in total. The number of hydrogen-bond donors (Lipinski definition) is 1. The fourth-order valence-corrected chi connectivity index (χ4v) is 2.62. The molecule has 0 radical (unpaired) electrons. The van der Waals surface area contributed by atoms with Crippen molar-refractivity contribution in [1.29, 1.82) is 0 Å². The summed E-state index contributed by atoms with van der Waals surface area (Å²) in [5.74, 6) is 0.526. The predicted molar refractivity (Wildman–Crippen MR) is 88.4 cm³/mol. The predicted octanol–water partition coefficient (Wildman–Crippen LogP) is 2.17. The molecular formula is C15H19N5O2S. The highest BCUT2D eigenvalue weighted by atomic mass is 32.2. The number of carbonyl (C=O) groups excluding carboxylic acids is 2. The van der Waals surface area contributed by atoms with Gasteiger partial charge >= 0.3 is 0 Å². The van der Waals surface area contributed by atoms with Gasteiger partial charge in [-0.2, -0.15) is 0 Å². The molecule has 0 fully saturated rings. The lowest BCUT2D eigenvalue weighted by molar-refractivity contribution is -0.116. The molecular weight excluding hydrogens is 314 g/mol. The number of benzene rings is 1. The molecule has 0 aliphatic rings.